The average Bonchev–Trinajstić information content (AvgIpc) is 2.04. The number of rotatable bonds is 0. The van der Waals surface area contributed by atoms with Crippen LogP contribution in [0.25, 0.3) is 0 Å². The topological polar surface area (TPSA) is 32.3 Å². The number of hydrogen-bond acceptors (Lipinski definition) is 2. The van der Waals surface area contributed by atoms with E-state index >= 15 is 0 Å². The van der Waals surface area contributed by atoms with E-state index in [0.717, 1.165) is 5.70 Å². The molecule has 2 aliphatic heterocycles. The minimum absolute atomic E-state index is 0.00694. The Morgan fingerprint density at radius 3 is 3.17 bits per heavy atom. The fourth-order valence-electron chi connectivity index (χ4n) is 1.36. The van der Waals surface area contributed by atoms with E-state index in [-0.39, 0.29) is 12.1 Å². The Labute approximate surface area is 71.0 Å². The van der Waals surface area contributed by atoms with Gasteiger partial charge in [-0.3, -0.25) is 9.69 Å². The zero-order chi connectivity index (χ0) is 8.55. The van der Waals surface area contributed by atoms with Crippen LogP contribution in [0.15, 0.2) is 36.2 Å². The van der Waals surface area contributed by atoms with Crippen LogP contribution < -0.4 is 5.32 Å². The second kappa shape index (κ2) is 2.52. The van der Waals surface area contributed by atoms with Crippen molar-refractivity contribution in [1.29, 1.82) is 0 Å². The van der Waals surface area contributed by atoms with Crippen molar-refractivity contribution >= 4 is 5.91 Å². The van der Waals surface area contributed by atoms with Gasteiger partial charge in [0.15, 0.2) is 0 Å². The van der Waals surface area contributed by atoms with Crippen LogP contribution in [0.2, 0.25) is 0 Å². The predicted molar refractivity (Wildman–Crippen MR) is 45.8 cm³/mol. The van der Waals surface area contributed by atoms with E-state index in [1.165, 1.54) is 0 Å². The van der Waals surface area contributed by atoms with Crippen molar-refractivity contribution in [3.63, 3.8) is 0 Å². The molecule has 2 heterocycles. The summed E-state index contributed by atoms with van der Waals surface area (Å²) in [6.45, 7) is 1.89. The monoisotopic (exact) mass is 162 g/mol. The molecule has 1 unspecified atom stereocenters. The average molecular weight is 162 g/mol. The van der Waals surface area contributed by atoms with E-state index in [4.69, 9.17) is 0 Å². The SMILES string of the molecule is CC1=CC(=O)N2C=CC=CC2N1. The van der Waals surface area contributed by atoms with Crippen LogP contribution in [0.3, 0.4) is 0 Å². The van der Waals surface area contributed by atoms with Gasteiger partial charge in [0.05, 0.1) is 0 Å². The van der Waals surface area contributed by atoms with Crippen LogP contribution in [0.1, 0.15) is 6.92 Å². The molecule has 3 heteroatoms. The maximum Gasteiger partial charge on any atom is 0.254 e. The summed E-state index contributed by atoms with van der Waals surface area (Å²) in [5.74, 6) is 0.0388. The molecule has 1 amide bonds. The Hall–Kier alpha value is -1.51. The Morgan fingerprint density at radius 1 is 1.50 bits per heavy atom. The molecule has 12 heavy (non-hydrogen) atoms. The molecule has 1 atom stereocenters. The van der Waals surface area contributed by atoms with Crippen LogP contribution in [0.5, 0.6) is 0 Å². The fraction of sp³-hybridized carbons (Fsp3) is 0.222. The maximum atomic E-state index is 11.4. The Morgan fingerprint density at radius 2 is 2.33 bits per heavy atom. The van der Waals surface area contributed by atoms with Gasteiger partial charge in [0.1, 0.15) is 6.17 Å². The van der Waals surface area contributed by atoms with Crippen molar-refractivity contribution in [2.45, 2.75) is 13.1 Å². The molecule has 0 fully saturated rings. The summed E-state index contributed by atoms with van der Waals surface area (Å²) >= 11 is 0. The molecule has 0 saturated carbocycles. The van der Waals surface area contributed by atoms with Gasteiger partial charge in [-0.2, -0.15) is 0 Å². The summed E-state index contributed by atoms with van der Waals surface area (Å²) in [5, 5.41) is 3.18. The minimum Gasteiger partial charge on any atom is -0.365 e. The van der Waals surface area contributed by atoms with Crippen molar-refractivity contribution < 1.29 is 4.79 Å². The number of carbonyl (C=O) groups is 1. The van der Waals surface area contributed by atoms with Gasteiger partial charge in [0.2, 0.25) is 0 Å². The fourth-order valence-corrected chi connectivity index (χ4v) is 1.36. The lowest BCUT2D eigenvalue weighted by Crippen LogP contribution is -2.47. The molecule has 0 bridgehead atoms. The molecule has 0 saturated heterocycles. The third-order valence-corrected chi connectivity index (χ3v) is 1.92. The quantitative estimate of drug-likeness (QED) is 0.569. The molecular weight excluding hydrogens is 152 g/mol. The number of carbonyl (C=O) groups excluding carboxylic acids is 1. The second-order valence-electron chi connectivity index (χ2n) is 2.89. The van der Waals surface area contributed by atoms with Crippen molar-refractivity contribution in [3.05, 3.63) is 36.2 Å². The number of hydrogen-bond donors (Lipinski definition) is 1. The lowest BCUT2D eigenvalue weighted by atomic mass is 10.2. The smallest absolute Gasteiger partial charge is 0.254 e. The molecule has 2 aliphatic rings. The first-order valence-electron chi connectivity index (χ1n) is 3.89. The van der Waals surface area contributed by atoms with E-state index in [1.54, 1.807) is 17.2 Å². The van der Waals surface area contributed by atoms with Gasteiger partial charge >= 0.3 is 0 Å². The van der Waals surface area contributed by atoms with Crippen LogP contribution in [0, 0.1) is 0 Å². The van der Waals surface area contributed by atoms with Gasteiger partial charge in [-0.15, -0.1) is 0 Å². The number of nitrogens with zero attached hydrogens (tertiary/aromatic N) is 1. The Kier molecular flexibility index (Phi) is 1.50. The van der Waals surface area contributed by atoms with Gasteiger partial charge in [-0.1, -0.05) is 6.08 Å². The second-order valence-corrected chi connectivity index (χ2v) is 2.89. The van der Waals surface area contributed by atoms with Crippen molar-refractivity contribution in [3.8, 4) is 0 Å². The molecule has 0 aromatic heterocycles. The van der Waals surface area contributed by atoms with E-state index in [1.807, 2.05) is 25.2 Å². The third kappa shape index (κ3) is 1.03. The first-order valence-corrected chi connectivity index (χ1v) is 3.89. The molecule has 2 rings (SSSR count). The number of nitrogens with one attached hydrogen (secondary N) is 1. The first kappa shape index (κ1) is 7.16. The van der Waals surface area contributed by atoms with Crippen LogP contribution >= 0.6 is 0 Å². The Balaban J connectivity index is 2.32. The van der Waals surface area contributed by atoms with E-state index in [9.17, 15) is 4.79 Å². The van der Waals surface area contributed by atoms with Crippen molar-refractivity contribution in [1.82, 2.24) is 10.2 Å². The molecule has 62 valence electrons. The number of allylic oxidation sites excluding steroid dienone is 3. The highest BCUT2D eigenvalue weighted by Gasteiger charge is 2.23. The minimum atomic E-state index is 0.00694. The molecule has 0 aromatic rings. The number of amides is 1. The van der Waals surface area contributed by atoms with Gasteiger partial charge in [0, 0.05) is 18.0 Å². The van der Waals surface area contributed by atoms with Crippen LogP contribution in [0.4, 0.5) is 0 Å². The molecule has 3 nitrogen and oxygen atoms in total. The molecule has 0 spiro atoms. The highest BCUT2D eigenvalue weighted by atomic mass is 16.2. The third-order valence-electron chi connectivity index (χ3n) is 1.92. The lowest BCUT2D eigenvalue weighted by Gasteiger charge is -2.32. The van der Waals surface area contributed by atoms with Gasteiger partial charge in [-0.25, -0.2) is 0 Å². The first-order chi connectivity index (χ1) is 5.77. The summed E-state index contributed by atoms with van der Waals surface area (Å²) in [6.07, 6.45) is 9.12. The summed E-state index contributed by atoms with van der Waals surface area (Å²) in [7, 11) is 0. The van der Waals surface area contributed by atoms with Gasteiger partial charge in [0.25, 0.3) is 5.91 Å². The molecular formula is C9H10N2O. The van der Waals surface area contributed by atoms with Gasteiger partial charge < -0.3 is 5.32 Å². The highest BCUT2D eigenvalue weighted by Crippen LogP contribution is 2.13. The normalized spacial score (nSPS) is 26.4. The Bertz CT molecular complexity index is 302. The standard InChI is InChI=1S/C9H10N2O/c1-7-6-9(12)11-5-3-2-4-8(11)10-7/h2-6,8,10H,1H3. The zero-order valence-electron chi connectivity index (χ0n) is 6.82. The summed E-state index contributed by atoms with van der Waals surface area (Å²) in [5.41, 5.74) is 0.918. The van der Waals surface area contributed by atoms with Crippen molar-refractivity contribution in [2.24, 2.45) is 0 Å². The molecule has 0 aromatic carbocycles. The summed E-state index contributed by atoms with van der Waals surface area (Å²) < 4.78 is 0. The summed E-state index contributed by atoms with van der Waals surface area (Å²) in [4.78, 5) is 13.0. The van der Waals surface area contributed by atoms with E-state index in [0.29, 0.717) is 0 Å². The van der Waals surface area contributed by atoms with Crippen LogP contribution in [-0.4, -0.2) is 17.0 Å². The zero-order valence-corrected chi connectivity index (χ0v) is 6.82. The van der Waals surface area contributed by atoms with E-state index in [2.05, 4.69) is 5.32 Å². The lowest BCUT2D eigenvalue weighted by molar-refractivity contribution is -0.125. The predicted octanol–water partition coefficient (Wildman–Crippen LogP) is 0.732. The van der Waals surface area contributed by atoms with Crippen molar-refractivity contribution in [2.75, 3.05) is 0 Å². The summed E-state index contributed by atoms with van der Waals surface area (Å²) in [6, 6.07) is 0. The van der Waals surface area contributed by atoms with Crippen LogP contribution in [-0.2, 0) is 4.79 Å². The largest absolute Gasteiger partial charge is 0.365 e. The number of fused-ring (bicyclic) bond motifs is 1. The highest BCUT2D eigenvalue weighted by molar-refractivity contribution is 5.90. The van der Waals surface area contributed by atoms with Gasteiger partial charge in [-0.05, 0) is 19.1 Å². The van der Waals surface area contributed by atoms with E-state index < -0.39 is 0 Å². The molecule has 0 aliphatic carbocycles. The molecule has 0 radical (unpaired) electrons. The maximum absolute atomic E-state index is 11.4. The molecule has 1 N–H and O–H groups in total.